The number of alkyl halides is 2. The smallest absolute Gasteiger partial charge is 0.285 e. The van der Waals surface area contributed by atoms with Gasteiger partial charge in [-0.25, -0.2) is 13.8 Å². The van der Waals surface area contributed by atoms with E-state index in [0.29, 0.717) is 6.20 Å². The van der Waals surface area contributed by atoms with Crippen LogP contribution in [0.5, 0.6) is 0 Å². The van der Waals surface area contributed by atoms with Gasteiger partial charge in [-0.1, -0.05) is 0 Å². The minimum atomic E-state index is -3.03. The Labute approximate surface area is 88.2 Å². The molecule has 2 N–H and O–H groups in total. The predicted molar refractivity (Wildman–Crippen MR) is 49.1 cm³/mol. The lowest BCUT2D eigenvalue weighted by Gasteiger charge is -2.06. The van der Waals surface area contributed by atoms with Gasteiger partial charge < -0.3 is 5.73 Å². The van der Waals surface area contributed by atoms with E-state index in [1.165, 1.54) is 0 Å². The van der Waals surface area contributed by atoms with Crippen molar-refractivity contribution in [2.45, 2.75) is 13.3 Å². The standard InChI is InChI=1S/C8H7F2N3O3/c1-3-5(8(11)14)12-2-4(7(9)10)6(3)13(15)16/h2,7H,1H3,(H2,11,14). The van der Waals surface area contributed by atoms with Crippen molar-refractivity contribution in [3.63, 3.8) is 0 Å². The molecule has 1 aromatic rings. The molecule has 16 heavy (non-hydrogen) atoms. The number of hydrogen-bond acceptors (Lipinski definition) is 4. The third-order valence-corrected chi connectivity index (χ3v) is 1.97. The number of amides is 1. The molecule has 1 aromatic heterocycles. The number of nitrogens with two attached hydrogens (primary N) is 1. The lowest BCUT2D eigenvalue weighted by atomic mass is 10.1. The zero-order chi connectivity index (χ0) is 12.5. The molecule has 0 aliphatic carbocycles. The van der Waals surface area contributed by atoms with Crippen molar-refractivity contribution < 1.29 is 18.5 Å². The van der Waals surface area contributed by atoms with E-state index in [1.54, 1.807) is 0 Å². The Kier molecular flexibility index (Phi) is 3.11. The molecule has 0 bridgehead atoms. The van der Waals surface area contributed by atoms with Gasteiger partial charge in [-0.05, 0) is 6.92 Å². The number of nitro groups is 1. The summed E-state index contributed by atoms with van der Waals surface area (Å²) in [5.74, 6) is -0.999. The Morgan fingerprint density at radius 1 is 1.62 bits per heavy atom. The summed E-state index contributed by atoms with van der Waals surface area (Å²) in [6.45, 7) is 1.15. The van der Waals surface area contributed by atoms with Crippen molar-refractivity contribution in [2.75, 3.05) is 0 Å². The monoisotopic (exact) mass is 231 g/mol. The number of primary amides is 1. The van der Waals surface area contributed by atoms with E-state index in [2.05, 4.69) is 4.98 Å². The summed E-state index contributed by atoms with van der Waals surface area (Å²) in [6, 6.07) is 0. The molecule has 86 valence electrons. The van der Waals surface area contributed by atoms with Crippen LogP contribution in [0.15, 0.2) is 6.20 Å². The Balaban J connectivity index is 3.54. The molecule has 0 spiro atoms. The summed E-state index contributed by atoms with van der Waals surface area (Å²) in [5, 5.41) is 10.6. The van der Waals surface area contributed by atoms with Gasteiger partial charge in [0.1, 0.15) is 11.3 Å². The molecule has 1 heterocycles. The second-order valence-electron chi connectivity index (χ2n) is 2.96. The van der Waals surface area contributed by atoms with Gasteiger partial charge in [-0.15, -0.1) is 0 Å². The Morgan fingerprint density at radius 2 is 2.19 bits per heavy atom. The number of nitrogens with zero attached hydrogens (tertiary/aromatic N) is 2. The van der Waals surface area contributed by atoms with Crippen molar-refractivity contribution in [3.8, 4) is 0 Å². The Morgan fingerprint density at radius 3 is 2.56 bits per heavy atom. The van der Waals surface area contributed by atoms with Gasteiger partial charge in [0.15, 0.2) is 0 Å². The average molecular weight is 231 g/mol. The highest BCUT2D eigenvalue weighted by atomic mass is 19.3. The van der Waals surface area contributed by atoms with Gasteiger partial charge in [-0.2, -0.15) is 0 Å². The van der Waals surface area contributed by atoms with Gasteiger partial charge in [0, 0.05) is 6.20 Å². The van der Waals surface area contributed by atoms with Crippen LogP contribution < -0.4 is 5.73 Å². The van der Waals surface area contributed by atoms with Crippen LogP contribution in [0.1, 0.15) is 28.0 Å². The topological polar surface area (TPSA) is 99.1 Å². The summed E-state index contributed by atoms with van der Waals surface area (Å²) in [6.07, 6.45) is -2.44. The average Bonchev–Trinajstić information content (AvgIpc) is 2.15. The summed E-state index contributed by atoms with van der Waals surface area (Å²) in [4.78, 5) is 23.8. The highest BCUT2D eigenvalue weighted by Gasteiger charge is 2.28. The molecular weight excluding hydrogens is 224 g/mol. The van der Waals surface area contributed by atoms with Crippen LogP contribution in [0.2, 0.25) is 0 Å². The minimum Gasteiger partial charge on any atom is -0.364 e. The highest BCUT2D eigenvalue weighted by Crippen LogP contribution is 2.31. The molecular formula is C8H7F2N3O3. The van der Waals surface area contributed by atoms with E-state index in [0.717, 1.165) is 6.92 Å². The fourth-order valence-corrected chi connectivity index (χ4v) is 1.27. The van der Waals surface area contributed by atoms with Gasteiger partial charge >= 0.3 is 0 Å². The number of rotatable bonds is 3. The van der Waals surface area contributed by atoms with Crippen molar-refractivity contribution in [1.82, 2.24) is 4.98 Å². The summed E-state index contributed by atoms with van der Waals surface area (Å²) >= 11 is 0. The van der Waals surface area contributed by atoms with E-state index in [4.69, 9.17) is 5.73 Å². The molecule has 0 aliphatic rings. The quantitative estimate of drug-likeness (QED) is 0.626. The highest BCUT2D eigenvalue weighted by molar-refractivity contribution is 5.93. The van der Waals surface area contributed by atoms with E-state index in [1.807, 2.05) is 0 Å². The lowest BCUT2D eigenvalue weighted by molar-refractivity contribution is -0.386. The summed E-state index contributed by atoms with van der Waals surface area (Å²) < 4.78 is 24.9. The van der Waals surface area contributed by atoms with E-state index >= 15 is 0 Å². The third-order valence-electron chi connectivity index (χ3n) is 1.97. The molecule has 0 saturated carbocycles. The van der Waals surface area contributed by atoms with Gasteiger partial charge in [0.05, 0.1) is 10.5 Å². The lowest BCUT2D eigenvalue weighted by Crippen LogP contribution is -2.16. The van der Waals surface area contributed by atoms with Gasteiger partial charge in [-0.3, -0.25) is 14.9 Å². The van der Waals surface area contributed by atoms with Crippen LogP contribution in [0, 0.1) is 17.0 Å². The molecule has 6 nitrogen and oxygen atoms in total. The SMILES string of the molecule is Cc1c(C(N)=O)ncc(C(F)F)c1[N+](=O)[O-]. The van der Waals surface area contributed by atoms with E-state index in [9.17, 15) is 23.7 Å². The molecule has 1 amide bonds. The zero-order valence-electron chi connectivity index (χ0n) is 8.11. The maximum atomic E-state index is 12.4. The van der Waals surface area contributed by atoms with Crippen molar-refractivity contribution in [2.24, 2.45) is 5.73 Å². The molecule has 0 aromatic carbocycles. The Hall–Kier alpha value is -2.12. The molecule has 0 saturated heterocycles. The van der Waals surface area contributed by atoms with Crippen LogP contribution in [-0.2, 0) is 0 Å². The second-order valence-corrected chi connectivity index (χ2v) is 2.96. The number of pyridine rings is 1. The number of hydrogen-bond donors (Lipinski definition) is 1. The minimum absolute atomic E-state index is 0.254. The molecule has 0 atom stereocenters. The first-order valence-corrected chi connectivity index (χ1v) is 4.08. The van der Waals surface area contributed by atoms with Crippen LogP contribution in [-0.4, -0.2) is 15.8 Å². The summed E-state index contributed by atoms with van der Waals surface area (Å²) in [7, 11) is 0. The first-order chi connectivity index (χ1) is 7.36. The van der Waals surface area contributed by atoms with Crippen molar-refractivity contribution >= 4 is 11.6 Å². The van der Waals surface area contributed by atoms with Crippen LogP contribution in [0.4, 0.5) is 14.5 Å². The maximum absolute atomic E-state index is 12.4. The van der Waals surface area contributed by atoms with E-state index in [-0.39, 0.29) is 11.3 Å². The molecule has 0 unspecified atom stereocenters. The maximum Gasteiger partial charge on any atom is 0.285 e. The normalized spacial score (nSPS) is 10.5. The molecule has 0 fully saturated rings. The zero-order valence-corrected chi connectivity index (χ0v) is 8.11. The Bertz CT molecular complexity index is 462. The molecule has 1 rings (SSSR count). The number of halogens is 2. The number of aromatic nitrogens is 1. The predicted octanol–water partition coefficient (Wildman–Crippen LogP) is 1.33. The van der Waals surface area contributed by atoms with Crippen LogP contribution in [0.25, 0.3) is 0 Å². The van der Waals surface area contributed by atoms with Crippen molar-refractivity contribution in [1.29, 1.82) is 0 Å². The van der Waals surface area contributed by atoms with Gasteiger partial charge in [0.2, 0.25) is 0 Å². The van der Waals surface area contributed by atoms with E-state index < -0.39 is 28.5 Å². The second kappa shape index (κ2) is 4.17. The largest absolute Gasteiger partial charge is 0.364 e. The molecule has 0 aliphatic heterocycles. The van der Waals surface area contributed by atoms with Crippen LogP contribution in [0.3, 0.4) is 0 Å². The molecule has 0 radical (unpaired) electrons. The van der Waals surface area contributed by atoms with Crippen molar-refractivity contribution in [3.05, 3.63) is 33.1 Å². The van der Waals surface area contributed by atoms with Crippen LogP contribution >= 0.6 is 0 Å². The fraction of sp³-hybridized carbons (Fsp3) is 0.250. The first kappa shape index (κ1) is 12.0. The first-order valence-electron chi connectivity index (χ1n) is 4.08. The summed E-state index contributed by atoms with van der Waals surface area (Å²) in [5.41, 5.74) is 2.62. The van der Waals surface area contributed by atoms with Gasteiger partial charge in [0.25, 0.3) is 18.0 Å². The number of carbonyl (C=O) groups excluding carboxylic acids is 1. The molecule has 8 heteroatoms. The fourth-order valence-electron chi connectivity index (χ4n) is 1.27. The number of carbonyl (C=O) groups is 1. The third kappa shape index (κ3) is 1.95.